The molecule has 34 heavy (non-hydrogen) atoms. The van der Waals surface area contributed by atoms with Crippen LogP contribution >= 0.6 is 22.7 Å². The fraction of sp³-hybridized carbons (Fsp3) is 0.625. The topological polar surface area (TPSA) is 58.1 Å². The number of carbonyl (C=O) groups excluding carboxylic acids is 1. The summed E-state index contributed by atoms with van der Waals surface area (Å²) < 4.78 is 37.5. The van der Waals surface area contributed by atoms with E-state index in [4.69, 9.17) is 0 Å². The van der Waals surface area contributed by atoms with Gasteiger partial charge in [-0.05, 0) is 64.0 Å². The van der Waals surface area contributed by atoms with E-state index in [2.05, 4.69) is 20.2 Å². The molecule has 0 aromatic carbocycles. The van der Waals surface area contributed by atoms with Gasteiger partial charge in [-0.25, -0.2) is 9.97 Å². The monoisotopic (exact) mass is 512 g/mol. The lowest BCUT2D eigenvalue weighted by Gasteiger charge is -2.31. The molecule has 1 fully saturated rings. The SMILES string of the molecule is Cc1ncc(/C=C/C(=O)N[C@H]2CC[C@H](CCN3CCc4sc(CCC(F)(F)F)nc4C3)CC2)s1. The summed E-state index contributed by atoms with van der Waals surface area (Å²) in [6.07, 6.45) is 6.48. The Kier molecular flexibility index (Phi) is 8.42. The van der Waals surface area contributed by atoms with E-state index in [1.807, 2.05) is 13.0 Å². The molecule has 0 radical (unpaired) electrons. The summed E-state index contributed by atoms with van der Waals surface area (Å²) in [6.45, 7) is 4.63. The first-order valence-electron chi connectivity index (χ1n) is 11.9. The molecule has 1 saturated carbocycles. The minimum Gasteiger partial charge on any atom is -0.350 e. The van der Waals surface area contributed by atoms with E-state index >= 15 is 0 Å². The summed E-state index contributed by atoms with van der Waals surface area (Å²) in [5.74, 6) is 0.611. The number of alkyl halides is 3. The minimum atomic E-state index is -4.13. The molecule has 5 nitrogen and oxygen atoms in total. The minimum absolute atomic E-state index is 0.0123. The number of amides is 1. The van der Waals surface area contributed by atoms with E-state index in [-0.39, 0.29) is 18.4 Å². The normalized spacial score (nSPS) is 21.6. The van der Waals surface area contributed by atoms with Crippen LogP contribution in [-0.2, 0) is 24.2 Å². The summed E-state index contributed by atoms with van der Waals surface area (Å²) >= 11 is 3.02. The second-order valence-corrected chi connectivity index (χ2v) is 11.7. The fourth-order valence-electron chi connectivity index (χ4n) is 4.68. The molecule has 0 unspecified atom stereocenters. The van der Waals surface area contributed by atoms with Gasteiger partial charge in [0.2, 0.25) is 5.91 Å². The van der Waals surface area contributed by atoms with Gasteiger partial charge in [-0.1, -0.05) is 0 Å². The lowest BCUT2D eigenvalue weighted by molar-refractivity contribution is -0.134. The van der Waals surface area contributed by atoms with Crippen molar-refractivity contribution in [2.24, 2.45) is 5.92 Å². The standard InChI is InChI=1S/C24H31F3N4OS2/c1-16-28-14-19(33-16)6-7-22(32)29-18-4-2-17(3-5-18)9-12-31-13-10-21-20(15-31)30-23(34-21)8-11-24(25,26)27/h6-7,14,17-18H,2-5,8-13,15H2,1H3,(H,29,32)/b7-6+/t17-,18-. The van der Waals surface area contributed by atoms with E-state index in [0.29, 0.717) is 10.9 Å². The maximum atomic E-state index is 12.5. The Bertz CT molecular complexity index is 993. The Morgan fingerprint density at radius 2 is 2.06 bits per heavy atom. The van der Waals surface area contributed by atoms with Gasteiger partial charge in [0.25, 0.3) is 0 Å². The van der Waals surface area contributed by atoms with Crippen molar-refractivity contribution in [3.05, 3.63) is 37.7 Å². The number of fused-ring (bicyclic) bond motifs is 1. The van der Waals surface area contributed by atoms with Gasteiger partial charge in [-0.3, -0.25) is 9.69 Å². The van der Waals surface area contributed by atoms with Crippen molar-refractivity contribution in [3.8, 4) is 0 Å². The molecular weight excluding hydrogens is 481 g/mol. The number of carbonyl (C=O) groups is 1. The lowest BCUT2D eigenvalue weighted by Crippen LogP contribution is -2.37. The number of rotatable bonds is 8. The number of halogens is 3. The fourth-order valence-corrected chi connectivity index (χ4v) is 6.43. The van der Waals surface area contributed by atoms with E-state index < -0.39 is 12.6 Å². The van der Waals surface area contributed by atoms with Crippen LogP contribution < -0.4 is 5.32 Å². The molecular formula is C24H31F3N4OS2. The summed E-state index contributed by atoms with van der Waals surface area (Å²) in [5.41, 5.74) is 0.974. The van der Waals surface area contributed by atoms with E-state index in [1.54, 1.807) is 23.6 Å². The van der Waals surface area contributed by atoms with Crippen molar-refractivity contribution in [1.82, 2.24) is 20.2 Å². The van der Waals surface area contributed by atoms with Crippen LogP contribution in [0.5, 0.6) is 0 Å². The largest absolute Gasteiger partial charge is 0.389 e. The first-order chi connectivity index (χ1) is 16.2. The molecule has 0 spiro atoms. The van der Waals surface area contributed by atoms with Crippen LogP contribution in [0.25, 0.3) is 6.08 Å². The van der Waals surface area contributed by atoms with Crippen LogP contribution in [-0.4, -0.2) is 46.1 Å². The van der Waals surface area contributed by atoms with Crippen LogP contribution in [0.3, 0.4) is 0 Å². The lowest BCUT2D eigenvalue weighted by atomic mass is 9.84. The predicted octanol–water partition coefficient (Wildman–Crippen LogP) is 5.54. The molecule has 186 valence electrons. The van der Waals surface area contributed by atoms with Gasteiger partial charge in [0.05, 0.1) is 15.7 Å². The molecule has 10 heteroatoms. The molecule has 2 aromatic heterocycles. The van der Waals surface area contributed by atoms with Crippen molar-refractivity contribution in [2.45, 2.75) is 77.1 Å². The van der Waals surface area contributed by atoms with Gasteiger partial charge in [0.1, 0.15) is 0 Å². The predicted molar refractivity (Wildman–Crippen MR) is 130 cm³/mol. The highest BCUT2D eigenvalue weighted by Crippen LogP contribution is 2.31. The average Bonchev–Trinajstić information content (AvgIpc) is 3.40. The van der Waals surface area contributed by atoms with Crippen LogP contribution in [0.1, 0.15) is 64.0 Å². The summed E-state index contributed by atoms with van der Waals surface area (Å²) in [4.78, 5) is 25.4. The van der Waals surface area contributed by atoms with E-state index in [1.165, 1.54) is 11.3 Å². The zero-order valence-electron chi connectivity index (χ0n) is 19.4. The third kappa shape index (κ3) is 7.61. The number of nitrogens with zero attached hydrogens (tertiary/aromatic N) is 3. The van der Waals surface area contributed by atoms with Crippen LogP contribution in [0, 0.1) is 12.8 Å². The van der Waals surface area contributed by atoms with E-state index in [0.717, 1.165) is 78.6 Å². The molecule has 1 aliphatic heterocycles. The smallest absolute Gasteiger partial charge is 0.350 e. The molecule has 1 aliphatic carbocycles. The third-order valence-corrected chi connectivity index (χ3v) is 8.65. The van der Waals surface area contributed by atoms with Crippen molar-refractivity contribution >= 4 is 34.7 Å². The molecule has 1 N–H and O–H groups in total. The van der Waals surface area contributed by atoms with Crippen LogP contribution in [0.2, 0.25) is 0 Å². The van der Waals surface area contributed by atoms with E-state index in [9.17, 15) is 18.0 Å². The van der Waals surface area contributed by atoms with Crippen molar-refractivity contribution in [2.75, 3.05) is 13.1 Å². The first-order valence-corrected chi connectivity index (χ1v) is 13.5. The highest BCUT2D eigenvalue weighted by atomic mass is 32.1. The Morgan fingerprint density at radius 1 is 1.26 bits per heavy atom. The Hall–Kier alpha value is -1.78. The maximum absolute atomic E-state index is 12.5. The third-order valence-electron chi connectivity index (χ3n) is 6.56. The van der Waals surface area contributed by atoms with Crippen molar-refractivity contribution in [3.63, 3.8) is 0 Å². The molecule has 0 bridgehead atoms. The summed E-state index contributed by atoms with van der Waals surface area (Å²) in [6, 6.07) is 0.235. The number of aryl methyl sites for hydroxylation is 2. The number of hydrogen-bond donors (Lipinski definition) is 1. The first kappa shape index (κ1) is 25.3. The Morgan fingerprint density at radius 3 is 2.76 bits per heavy atom. The Balaban J connectivity index is 1.15. The highest BCUT2D eigenvalue weighted by Gasteiger charge is 2.29. The highest BCUT2D eigenvalue weighted by molar-refractivity contribution is 7.12. The quantitative estimate of drug-likeness (QED) is 0.472. The van der Waals surface area contributed by atoms with Crippen LogP contribution in [0.4, 0.5) is 13.2 Å². The number of hydrogen-bond acceptors (Lipinski definition) is 6. The second kappa shape index (κ2) is 11.3. The van der Waals surface area contributed by atoms with Gasteiger partial charge < -0.3 is 5.32 Å². The van der Waals surface area contributed by atoms with Gasteiger partial charge in [0, 0.05) is 54.0 Å². The van der Waals surface area contributed by atoms with Crippen molar-refractivity contribution in [1.29, 1.82) is 0 Å². The zero-order chi connectivity index (χ0) is 24.1. The summed E-state index contributed by atoms with van der Waals surface area (Å²) in [5, 5.41) is 4.72. The van der Waals surface area contributed by atoms with Gasteiger partial charge in [-0.15, -0.1) is 22.7 Å². The zero-order valence-corrected chi connectivity index (χ0v) is 21.0. The Labute approximate surface area is 206 Å². The molecule has 0 atom stereocenters. The molecule has 0 saturated heterocycles. The van der Waals surface area contributed by atoms with Crippen LogP contribution in [0.15, 0.2) is 12.3 Å². The molecule has 2 aliphatic rings. The van der Waals surface area contributed by atoms with Gasteiger partial charge >= 0.3 is 6.18 Å². The molecule has 4 rings (SSSR count). The second-order valence-electron chi connectivity index (χ2n) is 9.25. The number of nitrogens with one attached hydrogen (secondary N) is 1. The van der Waals surface area contributed by atoms with Gasteiger partial charge in [0.15, 0.2) is 0 Å². The molecule has 3 heterocycles. The average molecular weight is 513 g/mol. The number of aromatic nitrogens is 2. The molecule has 2 aromatic rings. The number of thiazole rings is 2. The maximum Gasteiger partial charge on any atom is 0.389 e. The van der Waals surface area contributed by atoms with Gasteiger partial charge in [-0.2, -0.15) is 13.2 Å². The summed E-state index contributed by atoms with van der Waals surface area (Å²) in [7, 11) is 0. The molecule has 1 amide bonds. The van der Waals surface area contributed by atoms with Crippen molar-refractivity contribution < 1.29 is 18.0 Å².